The summed E-state index contributed by atoms with van der Waals surface area (Å²) in [5.74, 6) is 0.692. The highest BCUT2D eigenvalue weighted by Gasteiger charge is 2.33. The number of halogens is 3. The summed E-state index contributed by atoms with van der Waals surface area (Å²) in [4.78, 5) is 0. The van der Waals surface area contributed by atoms with Crippen LogP contribution in [0, 0.1) is 3.57 Å². The molecule has 0 radical (unpaired) electrons. The summed E-state index contributed by atoms with van der Waals surface area (Å²) in [6.07, 6.45) is 0.547. The lowest BCUT2D eigenvalue weighted by molar-refractivity contribution is -0.0521. The van der Waals surface area contributed by atoms with Crippen LogP contribution in [0.5, 0.6) is 11.5 Å². The molecule has 7 nitrogen and oxygen atoms in total. The Kier molecular flexibility index (Phi) is 5.29. The van der Waals surface area contributed by atoms with E-state index in [2.05, 4.69) is 43.4 Å². The van der Waals surface area contributed by atoms with E-state index in [1.807, 2.05) is 24.3 Å². The molecular formula is C18H16F2IN5O2. The summed E-state index contributed by atoms with van der Waals surface area (Å²) >= 11 is 2.24. The molecule has 4 rings (SSSR count). The number of hydrogen-bond acceptors (Lipinski definition) is 6. The Labute approximate surface area is 173 Å². The van der Waals surface area contributed by atoms with Crippen LogP contribution >= 0.6 is 22.6 Å². The van der Waals surface area contributed by atoms with Gasteiger partial charge in [0.1, 0.15) is 0 Å². The number of benzene rings is 2. The van der Waals surface area contributed by atoms with E-state index in [4.69, 9.17) is 9.47 Å². The highest BCUT2D eigenvalue weighted by Crippen LogP contribution is 2.43. The van der Waals surface area contributed by atoms with Crippen molar-refractivity contribution in [1.29, 1.82) is 0 Å². The van der Waals surface area contributed by atoms with E-state index < -0.39 is 12.7 Å². The molecule has 1 aromatic heterocycles. The maximum Gasteiger partial charge on any atom is 0.387 e. The van der Waals surface area contributed by atoms with Crippen LogP contribution < -0.4 is 14.8 Å². The van der Waals surface area contributed by atoms with Gasteiger partial charge in [0.15, 0.2) is 11.5 Å². The molecule has 10 heteroatoms. The van der Waals surface area contributed by atoms with Crippen LogP contribution in [0.4, 0.5) is 14.7 Å². The molecule has 0 saturated carbocycles. The van der Waals surface area contributed by atoms with E-state index in [0.717, 1.165) is 9.13 Å². The Bertz CT molecular complexity index is 967. The topological polar surface area (TPSA) is 74.1 Å². The monoisotopic (exact) mass is 499 g/mol. The first-order chi connectivity index (χ1) is 13.6. The van der Waals surface area contributed by atoms with E-state index in [1.165, 1.54) is 7.11 Å². The quantitative estimate of drug-likeness (QED) is 0.535. The summed E-state index contributed by atoms with van der Waals surface area (Å²) in [7, 11) is 1.41. The molecule has 1 aliphatic rings. The summed E-state index contributed by atoms with van der Waals surface area (Å²) in [6, 6.07) is 12.6. The van der Waals surface area contributed by atoms with E-state index in [-0.39, 0.29) is 17.5 Å². The Morgan fingerprint density at radius 2 is 2.00 bits per heavy atom. The van der Waals surface area contributed by atoms with Crippen LogP contribution in [-0.4, -0.2) is 33.9 Å². The number of aromatic nitrogens is 4. The van der Waals surface area contributed by atoms with Gasteiger partial charge in [-0.2, -0.15) is 8.78 Å². The first kappa shape index (κ1) is 18.8. The number of rotatable bonds is 5. The summed E-state index contributed by atoms with van der Waals surface area (Å²) in [5, 5.41) is 15.1. The number of anilines is 1. The van der Waals surface area contributed by atoms with Gasteiger partial charge < -0.3 is 14.8 Å². The molecule has 0 bridgehead atoms. The van der Waals surface area contributed by atoms with Gasteiger partial charge in [0.25, 0.3) is 0 Å². The van der Waals surface area contributed by atoms with Gasteiger partial charge in [-0.3, -0.25) is 0 Å². The largest absolute Gasteiger partial charge is 0.493 e. The van der Waals surface area contributed by atoms with Gasteiger partial charge in [0, 0.05) is 9.13 Å². The molecule has 3 aromatic rings. The number of nitrogens with one attached hydrogen (secondary N) is 1. The lowest BCUT2D eigenvalue weighted by Gasteiger charge is -2.32. The van der Waals surface area contributed by atoms with E-state index in [9.17, 15) is 8.78 Å². The summed E-state index contributed by atoms with van der Waals surface area (Å²) < 4.78 is 38.9. The molecule has 0 amide bonds. The Morgan fingerprint density at radius 3 is 2.71 bits per heavy atom. The van der Waals surface area contributed by atoms with Crippen molar-refractivity contribution in [3.05, 3.63) is 57.2 Å². The van der Waals surface area contributed by atoms with Crippen molar-refractivity contribution in [3.63, 3.8) is 0 Å². The predicted molar refractivity (Wildman–Crippen MR) is 106 cm³/mol. The molecular weight excluding hydrogens is 483 g/mol. The van der Waals surface area contributed by atoms with Gasteiger partial charge in [-0.05, 0) is 63.2 Å². The molecule has 1 aliphatic heterocycles. The van der Waals surface area contributed by atoms with Crippen LogP contribution in [0.2, 0.25) is 0 Å². The number of tetrazole rings is 1. The summed E-state index contributed by atoms with van der Waals surface area (Å²) in [5.41, 5.74) is 1.59. The minimum Gasteiger partial charge on any atom is -0.493 e. The van der Waals surface area contributed by atoms with Crippen molar-refractivity contribution in [3.8, 4) is 11.5 Å². The zero-order valence-corrected chi connectivity index (χ0v) is 16.9. The Morgan fingerprint density at radius 1 is 1.21 bits per heavy atom. The molecule has 1 N–H and O–H groups in total. The molecule has 146 valence electrons. The highest BCUT2D eigenvalue weighted by molar-refractivity contribution is 14.1. The fourth-order valence-electron chi connectivity index (χ4n) is 3.38. The molecule has 2 heterocycles. The van der Waals surface area contributed by atoms with Crippen LogP contribution in [0.25, 0.3) is 0 Å². The van der Waals surface area contributed by atoms with E-state index >= 15 is 0 Å². The van der Waals surface area contributed by atoms with Crippen molar-refractivity contribution < 1.29 is 18.3 Å². The number of nitrogens with zero attached hydrogens (tertiary/aromatic N) is 4. The SMILES string of the molecule is COc1cccc(C2CC(c3ccc(I)cc3)Nc3nnnn32)c1OC(F)F. The van der Waals surface area contributed by atoms with Gasteiger partial charge >= 0.3 is 6.61 Å². The molecule has 0 aliphatic carbocycles. The fourth-order valence-corrected chi connectivity index (χ4v) is 3.74. The summed E-state index contributed by atoms with van der Waals surface area (Å²) in [6.45, 7) is -2.97. The molecule has 2 aromatic carbocycles. The van der Waals surface area contributed by atoms with E-state index in [0.29, 0.717) is 17.9 Å². The molecule has 0 spiro atoms. The van der Waals surface area contributed by atoms with Crippen molar-refractivity contribution >= 4 is 28.5 Å². The van der Waals surface area contributed by atoms with Gasteiger partial charge in [-0.15, -0.1) is 0 Å². The third kappa shape index (κ3) is 3.60. The zero-order chi connectivity index (χ0) is 19.7. The minimum absolute atomic E-state index is 0.00490. The van der Waals surface area contributed by atoms with Crippen molar-refractivity contribution in [2.45, 2.75) is 25.1 Å². The predicted octanol–water partition coefficient (Wildman–Crippen LogP) is 4.03. The average molecular weight is 499 g/mol. The minimum atomic E-state index is -2.97. The third-order valence-corrected chi connectivity index (χ3v) is 5.34. The van der Waals surface area contributed by atoms with Gasteiger partial charge in [0.2, 0.25) is 5.95 Å². The fraction of sp³-hybridized carbons (Fsp3) is 0.278. The molecule has 2 unspecified atom stereocenters. The third-order valence-electron chi connectivity index (χ3n) is 4.62. The van der Waals surface area contributed by atoms with Gasteiger partial charge in [0.05, 0.1) is 19.2 Å². The first-order valence-corrected chi connectivity index (χ1v) is 9.56. The second kappa shape index (κ2) is 7.86. The zero-order valence-electron chi connectivity index (χ0n) is 14.7. The first-order valence-electron chi connectivity index (χ1n) is 8.48. The normalized spacial score (nSPS) is 18.5. The standard InChI is InChI=1S/C18H16F2IN5O2/c1-27-15-4-2-3-12(16(15)28-17(19)20)14-9-13(10-5-7-11(21)8-6-10)22-18-23-24-25-26(14)18/h2-8,13-14,17H,9H2,1H3,(H,22,23,25). The molecule has 0 fully saturated rings. The van der Waals surface area contributed by atoms with Crippen molar-refractivity contribution in [1.82, 2.24) is 20.2 Å². The van der Waals surface area contributed by atoms with Crippen LogP contribution in [0.15, 0.2) is 42.5 Å². The maximum atomic E-state index is 13.1. The van der Waals surface area contributed by atoms with Crippen molar-refractivity contribution in [2.75, 3.05) is 12.4 Å². The number of hydrogen-bond donors (Lipinski definition) is 1. The lowest BCUT2D eigenvalue weighted by atomic mass is 9.92. The Balaban J connectivity index is 1.78. The van der Waals surface area contributed by atoms with E-state index in [1.54, 1.807) is 22.9 Å². The number of methoxy groups -OCH3 is 1. The van der Waals surface area contributed by atoms with Gasteiger partial charge in [-0.25, -0.2) is 4.68 Å². The van der Waals surface area contributed by atoms with Gasteiger partial charge in [-0.1, -0.05) is 29.4 Å². The second-order valence-electron chi connectivity index (χ2n) is 6.20. The lowest BCUT2D eigenvalue weighted by Crippen LogP contribution is -2.28. The molecule has 28 heavy (non-hydrogen) atoms. The number of fused-ring (bicyclic) bond motifs is 1. The van der Waals surface area contributed by atoms with Crippen LogP contribution in [0.3, 0.4) is 0 Å². The van der Waals surface area contributed by atoms with Crippen molar-refractivity contribution in [2.24, 2.45) is 0 Å². The van der Waals surface area contributed by atoms with Crippen LogP contribution in [-0.2, 0) is 0 Å². The molecule has 2 atom stereocenters. The average Bonchev–Trinajstić information content (AvgIpc) is 3.16. The maximum absolute atomic E-state index is 13.1. The van der Waals surface area contributed by atoms with Crippen LogP contribution in [0.1, 0.15) is 29.6 Å². The highest BCUT2D eigenvalue weighted by atomic mass is 127. The number of para-hydroxylation sites is 1. The smallest absolute Gasteiger partial charge is 0.387 e. The Hall–Kier alpha value is -2.50. The second-order valence-corrected chi connectivity index (χ2v) is 7.45. The molecule has 0 saturated heterocycles. The number of ether oxygens (including phenoxy) is 2. The number of alkyl halides is 2.